The maximum atomic E-state index is 10.9. The minimum absolute atomic E-state index is 0.0883. The molecule has 0 saturated heterocycles. The number of allylic oxidation sites excluding steroid dienone is 1. The van der Waals surface area contributed by atoms with Crippen molar-refractivity contribution in [1.82, 2.24) is 0 Å². The molecule has 5 fully saturated rings. The van der Waals surface area contributed by atoms with Crippen molar-refractivity contribution in [3.63, 3.8) is 0 Å². The molecule has 0 aromatic heterocycles. The van der Waals surface area contributed by atoms with Crippen LogP contribution in [0.2, 0.25) is 0 Å². The molecule has 0 bridgehead atoms. The highest BCUT2D eigenvalue weighted by molar-refractivity contribution is 5.30. The molecule has 33 heavy (non-hydrogen) atoms. The van der Waals surface area contributed by atoms with Crippen LogP contribution in [0.25, 0.3) is 0 Å². The van der Waals surface area contributed by atoms with Gasteiger partial charge in [-0.3, -0.25) is 0 Å². The predicted molar refractivity (Wildman–Crippen MR) is 140 cm³/mol. The Morgan fingerprint density at radius 1 is 0.879 bits per heavy atom. The quantitative estimate of drug-likeness (QED) is 0.397. The van der Waals surface area contributed by atoms with Gasteiger partial charge in [0.2, 0.25) is 0 Å². The molecule has 0 aromatic carbocycles. The van der Waals surface area contributed by atoms with Crippen molar-refractivity contribution < 1.29 is 5.11 Å². The molecule has 1 nitrogen and oxygen atoms in total. The van der Waals surface area contributed by atoms with E-state index in [9.17, 15) is 5.11 Å². The van der Waals surface area contributed by atoms with Gasteiger partial charge >= 0.3 is 0 Å². The Bertz CT molecular complexity index is 796. The van der Waals surface area contributed by atoms with Crippen LogP contribution in [0.5, 0.6) is 0 Å². The monoisotopic (exact) mass is 454 g/mol. The minimum Gasteiger partial charge on any atom is -0.393 e. The Balaban J connectivity index is 1.37. The molecule has 2 unspecified atom stereocenters. The SMILES string of the molecule is C=C(C)C(CC)CC[C@H](C)[C@@H]1CC[C@@]2(C)[C@@H]3CCC4C(C)(C)[C@@H](O)CC[C@@]45C[C@@]35CC[C@]12C. The van der Waals surface area contributed by atoms with Gasteiger partial charge in [-0.05, 0) is 141 Å². The summed E-state index contributed by atoms with van der Waals surface area (Å²) in [7, 11) is 0. The van der Waals surface area contributed by atoms with E-state index in [1.807, 2.05) is 0 Å². The fourth-order valence-corrected chi connectivity index (χ4v) is 11.8. The van der Waals surface area contributed by atoms with Crippen LogP contribution >= 0.6 is 0 Å². The van der Waals surface area contributed by atoms with E-state index in [0.29, 0.717) is 27.6 Å². The third-order valence-corrected chi connectivity index (χ3v) is 14.0. The smallest absolute Gasteiger partial charge is 0.0594 e. The average Bonchev–Trinajstić information content (AvgIpc) is 3.34. The standard InChI is InChI=1S/C32H54O/c1-9-23(21(2)3)11-10-22(4)24-14-16-30(8)26-13-12-25-28(5,6)27(33)15-17-31(25)20-32(26,31)19-18-29(24,30)7/h22-27,33H,2,9-20H2,1,3-8H3/t22-,23?,24-,25?,26-,27-,29+,30-,31+,32-/m0/s1. The van der Waals surface area contributed by atoms with Crippen LogP contribution in [0, 0.1) is 56.7 Å². The fraction of sp³-hybridized carbons (Fsp3) is 0.938. The summed E-state index contributed by atoms with van der Waals surface area (Å²) in [6, 6.07) is 0. The Kier molecular flexibility index (Phi) is 5.62. The lowest BCUT2D eigenvalue weighted by molar-refractivity contribution is -0.161. The molecular weight excluding hydrogens is 400 g/mol. The van der Waals surface area contributed by atoms with E-state index in [-0.39, 0.29) is 11.5 Å². The molecule has 2 spiro atoms. The van der Waals surface area contributed by atoms with E-state index in [0.717, 1.165) is 30.1 Å². The zero-order chi connectivity index (χ0) is 24.0. The number of hydrogen-bond donors (Lipinski definition) is 1. The minimum atomic E-state index is -0.0883. The van der Waals surface area contributed by atoms with E-state index in [1.54, 1.807) is 0 Å². The van der Waals surface area contributed by atoms with Gasteiger partial charge in [0.15, 0.2) is 0 Å². The summed E-state index contributed by atoms with van der Waals surface area (Å²) in [4.78, 5) is 0. The molecule has 5 saturated carbocycles. The van der Waals surface area contributed by atoms with Crippen molar-refractivity contribution in [3.05, 3.63) is 12.2 Å². The number of aliphatic hydroxyl groups is 1. The maximum Gasteiger partial charge on any atom is 0.0594 e. The molecule has 5 aliphatic carbocycles. The van der Waals surface area contributed by atoms with Gasteiger partial charge in [-0.25, -0.2) is 0 Å². The molecule has 0 heterocycles. The summed E-state index contributed by atoms with van der Waals surface area (Å²) in [6.45, 7) is 21.7. The second-order valence-corrected chi connectivity index (χ2v) is 15.0. The molecule has 0 aromatic rings. The normalized spacial score (nSPS) is 51.5. The maximum absolute atomic E-state index is 10.9. The van der Waals surface area contributed by atoms with Crippen molar-refractivity contribution >= 4 is 0 Å². The first-order valence-electron chi connectivity index (χ1n) is 14.7. The van der Waals surface area contributed by atoms with Crippen molar-refractivity contribution in [2.24, 2.45) is 56.7 Å². The molecule has 10 atom stereocenters. The van der Waals surface area contributed by atoms with Crippen LogP contribution in [-0.2, 0) is 0 Å². The van der Waals surface area contributed by atoms with Crippen LogP contribution in [-0.4, -0.2) is 11.2 Å². The highest BCUT2D eigenvalue weighted by Gasteiger charge is 2.82. The molecule has 0 aliphatic heterocycles. The van der Waals surface area contributed by atoms with Gasteiger partial charge in [-0.1, -0.05) is 53.7 Å². The van der Waals surface area contributed by atoms with Crippen LogP contribution < -0.4 is 0 Å². The summed E-state index contributed by atoms with van der Waals surface area (Å²) >= 11 is 0. The van der Waals surface area contributed by atoms with Crippen LogP contribution in [0.1, 0.15) is 126 Å². The molecule has 188 valence electrons. The third kappa shape index (κ3) is 2.99. The molecule has 5 aliphatic rings. The van der Waals surface area contributed by atoms with Gasteiger partial charge < -0.3 is 5.11 Å². The van der Waals surface area contributed by atoms with Crippen LogP contribution in [0.15, 0.2) is 12.2 Å². The van der Waals surface area contributed by atoms with Gasteiger partial charge in [-0.2, -0.15) is 0 Å². The van der Waals surface area contributed by atoms with Crippen molar-refractivity contribution in [2.45, 2.75) is 132 Å². The molecular formula is C32H54O. The Labute approximate surface area is 205 Å². The lowest BCUT2D eigenvalue weighted by Crippen LogP contribution is -2.57. The second-order valence-electron chi connectivity index (χ2n) is 15.0. The van der Waals surface area contributed by atoms with E-state index >= 15 is 0 Å². The molecule has 1 N–H and O–H groups in total. The summed E-state index contributed by atoms with van der Waals surface area (Å²) in [5.74, 6) is 4.14. The number of aliphatic hydroxyl groups excluding tert-OH is 1. The summed E-state index contributed by atoms with van der Waals surface area (Å²) < 4.78 is 0. The highest BCUT2D eigenvalue weighted by atomic mass is 16.3. The number of hydrogen-bond acceptors (Lipinski definition) is 1. The fourth-order valence-electron chi connectivity index (χ4n) is 11.8. The molecule has 5 rings (SSSR count). The lowest BCUT2D eigenvalue weighted by atomic mass is 9.41. The first-order valence-corrected chi connectivity index (χ1v) is 14.7. The largest absolute Gasteiger partial charge is 0.393 e. The zero-order valence-corrected chi connectivity index (χ0v) is 23.1. The average molecular weight is 455 g/mol. The molecule has 0 radical (unpaired) electrons. The Morgan fingerprint density at radius 3 is 2.21 bits per heavy atom. The van der Waals surface area contributed by atoms with E-state index in [1.165, 1.54) is 76.2 Å². The lowest BCUT2D eigenvalue weighted by Gasteiger charge is -2.63. The second kappa shape index (κ2) is 7.60. The first kappa shape index (κ1) is 24.4. The van der Waals surface area contributed by atoms with Crippen molar-refractivity contribution in [2.75, 3.05) is 0 Å². The summed E-state index contributed by atoms with van der Waals surface area (Å²) in [5, 5.41) is 10.9. The van der Waals surface area contributed by atoms with Crippen molar-refractivity contribution in [3.8, 4) is 0 Å². The third-order valence-electron chi connectivity index (χ3n) is 14.0. The molecule has 1 heteroatoms. The zero-order valence-electron chi connectivity index (χ0n) is 23.1. The predicted octanol–water partition coefficient (Wildman–Crippen LogP) is 8.81. The van der Waals surface area contributed by atoms with Gasteiger partial charge in [0.05, 0.1) is 6.10 Å². The van der Waals surface area contributed by atoms with Gasteiger partial charge in [-0.15, -0.1) is 0 Å². The van der Waals surface area contributed by atoms with Crippen LogP contribution in [0.3, 0.4) is 0 Å². The van der Waals surface area contributed by atoms with Crippen molar-refractivity contribution in [1.29, 1.82) is 0 Å². The van der Waals surface area contributed by atoms with E-state index in [2.05, 4.69) is 55.0 Å². The van der Waals surface area contributed by atoms with E-state index < -0.39 is 0 Å². The first-order chi connectivity index (χ1) is 15.4. The Hall–Kier alpha value is -0.300. The number of rotatable bonds is 6. The molecule has 0 amide bonds. The van der Waals surface area contributed by atoms with Gasteiger partial charge in [0, 0.05) is 0 Å². The van der Waals surface area contributed by atoms with E-state index in [4.69, 9.17) is 0 Å². The summed E-state index contributed by atoms with van der Waals surface area (Å²) in [5.41, 5.74) is 3.74. The highest BCUT2D eigenvalue weighted by Crippen LogP contribution is 2.89. The topological polar surface area (TPSA) is 20.2 Å². The number of fused-ring (bicyclic) bond motifs is 2. The van der Waals surface area contributed by atoms with Gasteiger partial charge in [0.25, 0.3) is 0 Å². The summed E-state index contributed by atoms with van der Waals surface area (Å²) in [6.07, 6.45) is 16.4. The van der Waals surface area contributed by atoms with Gasteiger partial charge in [0.1, 0.15) is 0 Å². The Morgan fingerprint density at radius 2 is 1.55 bits per heavy atom. The van der Waals surface area contributed by atoms with Crippen LogP contribution in [0.4, 0.5) is 0 Å².